The van der Waals surface area contributed by atoms with Crippen LogP contribution in [0.4, 0.5) is 0 Å². The number of imidazole rings is 1. The van der Waals surface area contributed by atoms with Gasteiger partial charge in [-0.1, -0.05) is 0 Å². The largest absolute Gasteiger partial charge is 0.494 e. The van der Waals surface area contributed by atoms with Gasteiger partial charge >= 0.3 is 0 Å². The first-order chi connectivity index (χ1) is 22.2. The molecule has 0 unspecified atom stereocenters. The van der Waals surface area contributed by atoms with Gasteiger partial charge in [-0.3, -0.25) is 14.3 Å². The van der Waals surface area contributed by atoms with Crippen molar-refractivity contribution in [3.63, 3.8) is 0 Å². The van der Waals surface area contributed by atoms with Crippen LogP contribution in [0, 0.1) is 5.92 Å². The molecule has 12 heteroatoms. The van der Waals surface area contributed by atoms with Crippen molar-refractivity contribution in [2.45, 2.75) is 69.7 Å². The van der Waals surface area contributed by atoms with Crippen LogP contribution in [0.25, 0.3) is 33.6 Å². The molecule has 2 aliphatic heterocycles. The summed E-state index contributed by atoms with van der Waals surface area (Å²) in [5.41, 5.74) is 11.6. The number of nitrogens with zero attached hydrogens (tertiary/aromatic N) is 7. The highest BCUT2D eigenvalue weighted by Gasteiger charge is 2.47. The van der Waals surface area contributed by atoms with E-state index in [1.165, 1.54) is 12.8 Å². The summed E-state index contributed by atoms with van der Waals surface area (Å²) in [5, 5.41) is 8.16. The number of ether oxygens (including phenoxy) is 1. The number of pyridine rings is 1. The van der Waals surface area contributed by atoms with Crippen molar-refractivity contribution in [1.82, 2.24) is 39.1 Å². The Morgan fingerprint density at radius 3 is 2.59 bits per heavy atom. The van der Waals surface area contributed by atoms with Gasteiger partial charge in [-0.15, -0.1) is 0 Å². The fourth-order valence-electron chi connectivity index (χ4n) is 7.52. The highest BCUT2D eigenvalue weighted by molar-refractivity contribution is 6.01. The third kappa shape index (κ3) is 4.65. The number of benzene rings is 1. The maximum Gasteiger partial charge on any atom is 0.254 e. The fraction of sp³-hybridized carbons (Fsp3) is 0.441. The molecule has 1 saturated carbocycles. The zero-order chi connectivity index (χ0) is 31.9. The topological polar surface area (TPSA) is 138 Å². The first kappa shape index (κ1) is 28.7. The molecule has 8 rings (SSSR count). The normalized spacial score (nSPS) is 21.4. The second kappa shape index (κ2) is 10.7. The van der Waals surface area contributed by atoms with Crippen LogP contribution in [0.1, 0.15) is 71.5 Å². The minimum atomic E-state index is -0.304. The highest BCUT2D eigenvalue weighted by atomic mass is 16.5. The van der Waals surface area contributed by atoms with E-state index in [-0.39, 0.29) is 36.0 Å². The van der Waals surface area contributed by atoms with Gasteiger partial charge in [-0.2, -0.15) is 5.10 Å². The van der Waals surface area contributed by atoms with E-state index in [4.69, 9.17) is 20.4 Å². The summed E-state index contributed by atoms with van der Waals surface area (Å²) in [6.07, 6.45) is 8.45. The van der Waals surface area contributed by atoms with Gasteiger partial charge in [-0.25, -0.2) is 9.97 Å². The third-order valence-corrected chi connectivity index (χ3v) is 10.1. The molecule has 1 aliphatic carbocycles. The Hall–Kier alpha value is -4.71. The van der Waals surface area contributed by atoms with Crippen molar-refractivity contribution in [2.24, 2.45) is 25.7 Å². The number of rotatable bonds is 8. The number of carbonyl (C=O) groups excluding carboxylic acids is 2. The van der Waals surface area contributed by atoms with E-state index >= 15 is 0 Å². The molecular formula is C34H39N9O3. The van der Waals surface area contributed by atoms with Crippen LogP contribution in [-0.2, 0) is 20.6 Å². The summed E-state index contributed by atoms with van der Waals surface area (Å²) < 4.78 is 11.8. The minimum absolute atomic E-state index is 0.00262. The van der Waals surface area contributed by atoms with E-state index in [1.54, 1.807) is 31.2 Å². The lowest BCUT2D eigenvalue weighted by atomic mass is 9.97. The second-order valence-corrected chi connectivity index (χ2v) is 13.3. The second-order valence-electron chi connectivity index (χ2n) is 13.3. The molecule has 46 heavy (non-hydrogen) atoms. The summed E-state index contributed by atoms with van der Waals surface area (Å²) in [6.45, 7) is 2.77. The molecule has 2 bridgehead atoms. The van der Waals surface area contributed by atoms with Crippen molar-refractivity contribution < 1.29 is 14.3 Å². The maximum atomic E-state index is 13.8. The Morgan fingerprint density at radius 2 is 1.91 bits per heavy atom. The predicted molar refractivity (Wildman–Crippen MR) is 173 cm³/mol. The minimum Gasteiger partial charge on any atom is -0.494 e. The molecule has 3 aliphatic rings. The number of amides is 2. The molecule has 4 aromatic heterocycles. The summed E-state index contributed by atoms with van der Waals surface area (Å²) in [5.74, 6) is 1.78. The number of hydrogen-bond acceptors (Lipinski definition) is 7. The number of carbonyl (C=O) groups is 2. The van der Waals surface area contributed by atoms with Crippen molar-refractivity contribution in [2.75, 3.05) is 7.11 Å². The van der Waals surface area contributed by atoms with Gasteiger partial charge in [0, 0.05) is 55.9 Å². The summed E-state index contributed by atoms with van der Waals surface area (Å²) in [6, 6.07) is 9.94. The van der Waals surface area contributed by atoms with Crippen LogP contribution < -0.4 is 15.8 Å². The molecule has 4 atom stereocenters. The lowest BCUT2D eigenvalue weighted by Crippen LogP contribution is -2.40. The van der Waals surface area contributed by atoms with E-state index < -0.39 is 0 Å². The van der Waals surface area contributed by atoms with Gasteiger partial charge in [0.1, 0.15) is 16.9 Å². The SMILES string of the molecule is COc1cc(C(=O)N2[C@H]3CC[C@@H]2[C@H](N)C3)cc2nc(-c3cc4ccc([C@@H](C)NC(=O)c5cnn(C)c5)nc4n3CC3CC3)n(C)c12. The smallest absolute Gasteiger partial charge is 0.254 e. The monoisotopic (exact) mass is 621 g/mol. The van der Waals surface area contributed by atoms with Crippen molar-refractivity contribution in [3.8, 4) is 17.3 Å². The average molecular weight is 622 g/mol. The van der Waals surface area contributed by atoms with Gasteiger partial charge < -0.3 is 29.8 Å². The summed E-state index contributed by atoms with van der Waals surface area (Å²) in [4.78, 5) is 38.8. The van der Waals surface area contributed by atoms with Gasteiger partial charge in [0.2, 0.25) is 0 Å². The summed E-state index contributed by atoms with van der Waals surface area (Å²) >= 11 is 0. The molecule has 6 heterocycles. The Morgan fingerprint density at radius 1 is 1.09 bits per heavy atom. The molecule has 12 nitrogen and oxygen atoms in total. The lowest BCUT2D eigenvalue weighted by Gasteiger charge is -2.23. The number of nitrogens with two attached hydrogens (primary N) is 1. The van der Waals surface area contributed by atoms with E-state index in [9.17, 15) is 9.59 Å². The molecule has 2 saturated heterocycles. The van der Waals surface area contributed by atoms with Crippen molar-refractivity contribution >= 4 is 33.9 Å². The van der Waals surface area contributed by atoms with E-state index in [1.807, 2.05) is 41.6 Å². The highest BCUT2D eigenvalue weighted by Crippen LogP contribution is 2.40. The summed E-state index contributed by atoms with van der Waals surface area (Å²) in [7, 11) is 5.41. The molecule has 238 valence electrons. The molecule has 3 N–H and O–H groups in total. The van der Waals surface area contributed by atoms with Crippen LogP contribution >= 0.6 is 0 Å². The molecule has 5 aromatic rings. The molecule has 3 fully saturated rings. The van der Waals surface area contributed by atoms with E-state index in [2.05, 4.69) is 27.1 Å². The Bertz CT molecular complexity index is 2020. The average Bonchev–Trinajstić information content (AvgIpc) is 3.36. The van der Waals surface area contributed by atoms with Crippen LogP contribution in [0.2, 0.25) is 0 Å². The fourth-order valence-corrected chi connectivity index (χ4v) is 7.52. The standard InChI is InChI=1S/C34H39N9O3/c1-18(37-33(44)22-15-36-40(2)17-22)25-9-7-20-12-28(42(31(20)38-25)16-19-5-6-19)32-39-26-11-21(13-29(46-4)30(26)41(32)3)34(45)43-23-8-10-27(43)24(35)14-23/h7,9,11-13,15,17-19,23-24,27H,5-6,8,10,14,16,35H2,1-4H3,(H,37,44)/t18-,23+,24-,27-/m1/s1. The Balaban J connectivity index is 1.17. The first-order valence-electron chi connectivity index (χ1n) is 16.1. The van der Waals surface area contributed by atoms with E-state index in [0.29, 0.717) is 28.3 Å². The number of fused-ring (bicyclic) bond motifs is 4. The Kier molecular flexibility index (Phi) is 6.68. The first-order valence-corrected chi connectivity index (χ1v) is 16.1. The lowest BCUT2D eigenvalue weighted by molar-refractivity contribution is 0.0726. The number of aryl methyl sites for hydroxylation is 2. The number of aromatic nitrogens is 6. The van der Waals surface area contributed by atoms with Crippen LogP contribution in [0.5, 0.6) is 5.75 Å². The number of methoxy groups -OCH3 is 1. The number of nitrogens with one attached hydrogen (secondary N) is 1. The van der Waals surface area contributed by atoms with Gasteiger partial charge in [0.05, 0.1) is 41.8 Å². The molecule has 0 radical (unpaired) electrons. The number of hydrogen-bond donors (Lipinski definition) is 2. The van der Waals surface area contributed by atoms with Crippen LogP contribution in [-0.4, -0.2) is 70.8 Å². The van der Waals surface area contributed by atoms with Crippen LogP contribution in [0.15, 0.2) is 42.7 Å². The van der Waals surface area contributed by atoms with Crippen molar-refractivity contribution in [1.29, 1.82) is 0 Å². The molecular weight excluding hydrogens is 582 g/mol. The Labute approximate surface area is 266 Å². The maximum absolute atomic E-state index is 13.8. The van der Waals surface area contributed by atoms with Gasteiger partial charge in [0.15, 0.2) is 5.82 Å². The zero-order valence-electron chi connectivity index (χ0n) is 26.6. The van der Waals surface area contributed by atoms with Gasteiger partial charge in [-0.05, 0) is 75.3 Å². The zero-order valence-corrected chi connectivity index (χ0v) is 26.6. The predicted octanol–water partition coefficient (Wildman–Crippen LogP) is 3.94. The quantitative estimate of drug-likeness (QED) is 0.268. The molecule has 1 aromatic carbocycles. The third-order valence-electron chi connectivity index (χ3n) is 10.1. The van der Waals surface area contributed by atoms with Gasteiger partial charge in [0.25, 0.3) is 11.8 Å². The van der Waals surface area contributed by atoms with E-state index in [0.717, 1.165) is 59.6 Å². The van der Waals surface area contributed by atoms with Crippen molar-refractivity contribution in [3.05, 3.63) is 59.5 Å². The molecule has 2 amide bonds. The van der Waals surface area contributed by atoms with Crippen LogP contribution in [0.3, 0.4) is 0 Å². The molecule has 0 spiro atoms.